The second-order valence-electron chi connectivity index (χ2n) is 11.0. The van der Waals surface area contributed by atoms with E-state index in [9.17, 15) is 19.5 Å². The number of hydrogen-bond donors (Lipinski definition) is 1. The van der Waals surface area contributed by atoms with Crippen molar-refractivity contribution in [3.63, 3.8) is 0 Å². The summed E-state index contributed by atoms with van der Waals surface area (Å²) in [6.45, 7) is 16.0. The highest BCUT2D eigenvalue weighted by atomic mass is 16.5. The summed E-state index contributed by atoms with van der Waals surface area (Å²) in [7, 11) is 0. The van der Waals surface area contributed by atoms with E-state index in [4.69, 9.17) is 9.47 Å². The van der Waals surface area contributed by atoms with E-state index in [-0.39, 0.29) is 43.5 Å². The van der Waals surface area contributed by atoms with Crippen molar-refractivity contribution in [3.8, 4) is 5.75 Å². The van der Waals surface area contributed by atoms with Crippen LogP contribution in [0, 0.1) is 11.8 Å². The van der Waals surface area contributed by atoms with Crippen molar-refractivity contribution in [2.45, 2.75) is 63.8 Å². The van der Waals surface area contributed by atoms with Crippen molar-refractivity contribution in [1.82, 2.24) is 9.80 Å². The fourth-order valence-electron chi connectivity index (χ4n) is 6.79. The largest absolute Gasteiger partial charge is 0.494 e. The number of ether oxygens (including phenoxy) is 2. The molecular weight excluding hydrogens is 498 g/mol. The molecule has 1 spiro atoms. The number of carbonyl (C=O) groups excluding carboxylic acids is 3. The Morgan fingerprint density at radius 3 is 2.41 bits per heavy atom. The lowest BCUT2D eigenvalue weighted by Gasteiger charge is -2.38. The summed E-state index contributed by atoms with van der Waals surface area (Å²) in [5, 5.41) is 9.85. The fraction of sp³-hybridized carbons (Fsp3) is 0.567. The topological polar surface area (TPSA) is 99.6 Å². The minimum absolute atomic E-state index is 0.0102. The maximum absolute atomic E-state index is 14.4. The fourth-order valence-corrected chi connectivity index (χ4v) is 6.79. The van der Waals surface area contributed by atoms with Gasteiger partial charge in [-0.15, -0.1) is 13.2 Å². The van der Waals surface area contributed by atoms with Crippen molar-refractivity contribution in [3.05, 3.63) is 49.6 Å². The summed E-state index contributed by atoms with van der Waals surface area (Å²) in [5.74, 6) is -1.75. The Balaban J connectivity index is 1.75. The van der Waals surface area contributed by atoms with Crippen LogP contribution < -0.4 is 9.64 Å². The number of aliphatic hydroxyl groups excluding tert-OH is 1. The van der Waals surface area contributed by atoms with E-state index in [1.807, 2.05) is 39.8 Å². The van der Waals surface area contributed by atoms with Gasteiger partial charge in [0.15, 0.2) is 0 Å². The normalized spacial score (nSPS) is 28.9. The van der Waals surface area contributed by atoms with E-state index in [0.717, 1.165) is 0 Å². The third-order valence-electron chi connectivity index (χ3n) is 8.39. The number of hydrogen-bond acceptors (Lipinski definition) is 6. The average Bonchev–Trinajstić information content (AvgIpc) is 3.47. The molecule has 0 aromatic heterocycles. The van der Waals surface area contributed by atoms with Crippen LogP contribution in [0.25, 0.3) is 0 Å². The summed E-state index contributed by atoms with van der Waals surface area (Å²) >= 11 is 0. The van der Waals surface area contributed by atoms with E-state index in [1.165, 1.54) is 4.90 Å². The van der Waals surface area contributed by atoms with Crippen LogP contribution in [0.5, 0.6) is 5.75 Å². The van der Waals surface area contributed by atoms with Crippen molar-refractivity contribution >= 4 is 23.4 Å². The van der Waals surface area contributed by atoms with Gasteiger partial charge in [0.1, 0.15) is 17.4 Å². The first kappa shape index (κ1) is 28.8. The molecule has 0 aliphatic carbocycles. The van der Waals surface area contributed by atoms with Gasteiger partial charge in [-0.05, 0) is 64.8 Å². The van der Waals surface area contributed by atoms with Crippen molar-refractivity contribution < 1.29 is 29.0 Å². The third kappa shape index (κ3) is 4.65. The zero-order valence-electron chi connectivity index (χ0n) is 23.5. The molecule has 1 aromatic carbocycles. The maximum Gasteiger partial charge on any atom is 0.248 e. The van der Waals surface area contributed by atoms with Gasteiger partial charge in [0.05, 0.1) is 30.7 Å². The Morgan fingerprint density at radius 2 is 1.85 bits per heavy atom. The van der Waals surface area contributed by atoms with Crippen LogP contribution in [-0.4, -0.2) is 88.8 Å². The highest BCUT2D eigenvalue weighted by molar-refractivity contribution is 6.03. The Bertz CT molecular complexity index is 1120. The van der Waals surface area contributed by atoms with E-state index in [2.05, 4.69) is 13.2 Å². The molecule has 3 aliphatic rings. The molecule has 1 N–H and O–H groups in total. The summed E-state index contributed by atoms with van der Waals surface area (Å²) in [5.41, 5.74) is -1.40. The predicted molar refractivity (Wildman–Crippen MR) is 148 cm³/mol. The molecule has 5 atom stereocenters. The highest BCUT2D eigenvalue weighted by Gasteiger charge is 2.78. The van der Waals surface area contributed by atoms with Gasteiger partial charge < -0.3 is 29.3 Å². The smallest absolute Gasteiger partial charge is 0.248 e. The van der Waals surface area contributed by atoms with Crippen molar-refractivity contribution in [1.29, 1.82) is 0 Å². The van der Waals surface area contributed by atoms with Gasteiger partial charge in [0, 0.05) is 31.4 Å². The molecule has 3 aliphatic heterocycles. The third-order valence-corrected chi connectivity index (χ3v) is 8.39. The first-order valence-electron chi connectivity index (χ1n) is 13.8. The zero-order valence-corrected chi connectivity index (χ0v) is 23.5. The Hall–Kier alpha value is -3.17. The minimum Gasteiger partial charge on any atom is -0.494 e. The number of anilines is 1. The number of amides is 3. The molecule has 9 nitrogen and oxygen atoms in total. The summed E-state index contributed by atoms with van der Waals surface area (Å²) in [6.07, 6.45) is 4.33. The van der Waals surface area contributed by atoms with E-state index in [1.54, 1.807) is 34.1 Å². The monoisotopic (exact) mass is 539 g/mol. The molecule has 3 heterocycles. The first-order chi connectivity index (χ1) is 18.6. The summed E-state index contributed by atoms with van der Waals surface area (Å²) in [4.78, 5) is 47.2. The number of nitrogens with zero attached hydrogens (tertiary/aromatic N) is 3. The SMILES string of the molecule is C=CCN(C(=O)[C@H]1[C@H]2C(=O)N(CCO)C(C(=O)N(CC=C)C(C)C)C23CC[C@]1(C)O3)c1ccc(OCC)cc1. The zero-order chi connectivity index (χ0) is 28.5. The van der Waals surface area contributed by atoms with E-state index >= 15 is 0 Å². The number of carbonyl (C=O) groups is 3. The van der Waals surface area contributed by atoms with Gasteiger partial charge in [-0.25, -0.2) is 0 Å². The van der Waals surface area contributed by atoms with Crippen LogP contribution in [0.4, 0.5) is 5.69 Å². The van der Waals surface area contributed by atoms with Crippen LogP contribution in [0.1, 0.15) is 40.5 Å². The molecule has 2 unspecified atom stereocenters. The number of rotatable bonds is 12. The number of β-amino-alcohol motifs (C(OH)–C–C–N with tert-alkyl or cyclic N) is 1. The quantitative estimate of drug-likeness (QED) is 0.410. The van der Waals surface area contributed by atoms with Gasteiger partial charge in [0.25, 0.3) is 0 Å². The van der Waals surface area contributed by atoms with Crippen molar-refractivity contribution in [2.24, 2.45) is 11.8 Å². The van der Waals surface area contributed by atoms with Crippen LogP contribution in [0.3, 0.4) is 0 Å². The van der Waals surface area contributed by atoms with E-state index in [0.29, 0.717) is 37.4 Å². The van der Waals surface area contributed by atoms with Gasteiger partial charge >= 0.3 is 0 Å². The molecular formula is C30H41N3O6. The van der Waals surface area contributed by atoms with Crippen LogP contribution in [-0.2, 0) is 19.1 Å². The molecule has 1 aromatic rings. The summed E-state index contributed by atoms with van der Waals surface area (Å²) < 4.78 is 12.3. The lowest BCUT2D eigenvalue weighted by atomic mass is 9.66. The molecule has 3 amide bonds. The molecule has 2 bridgehead atoms. The molecule has 0 radical (unpaired) electrons. The van der Waals surface area contributed by atoms with Crippen LogP contribution >= 0.6 is 0 Å². The van der Waals surface area contributed by atoms with E-state index < -0.39 is 29.1 Å². The molecule has 3 saturated heterocycles. The van der Waals surface area contributed by atoms with Gasteiger partial charge in [-0.3, -0.25) is 14.4 Å². The lowest BCUT2D eigenvalue weighted by molar-refractivity contribution is -0.152. The predicted octanol–water partition coefficient (Wildman–Crippen LogP) is 2.78. The molecule has 212 valence electrons. The molecule has 3 fully saturated rings. The van der Waals surface area contributed by atoms with Gasteiger partial charge in [-0.2, -0.15) is 0 Å². The number of fused-ring (bicyclic) bond motifs is 1. The number of likely N-dealkylation sites (tertiary alicyclic amines) is 1. The minimum atomic E-state index is -1.15. The summed E-state index contributed by atoms with van der Waals surface area (Å²) in [6, 6.07) is 6.18. The van der Waals surface area contributed by atoms with Crippen LogP contribution in [0.2, 0.25) is 0 Å². The average molecular weight is 540 g/mol. The number of aliphatic hydroxyl groups is 1. The van der Waals surface area contributed by atoms with Gasteiger partial charge in [-0.1, -0.05) is 12.2 Å². The molecule has 9 heteroatoms. The standard InChI is InChI=1S/C30H41N3O6/c1-7-16-31(20(4)5)28(37)25-30-15-14-29(6,39-30)23(24(30)27(36)33(25)18-19-34)26(35)32(17-8-2)21-10-12-22(13-11-21)38-9-3/h7-8,10-13,20,23-25,34H,1-2,9,14-19H2,3-6H3/t23-,24+,25?,29+,30?/m1/s1. The molecule has 39 heavy (non-hydrogen) atoms. The Labute approximate surface area is 231 Å². The second-order valence-corrected chi connectivity index (χ2v) is 11.0. The Kier molecular flexibility index (Phi) is 8.23. The van der Waals surface area contributed by atoms with Crippen LogP contribution in [0.15, 0.2) is 49.6 Å². The molecule has 4 rings (SSSR count). The van der Waals surface area contributed by atoms with Gasteiger partial charge in [0.2, 0.25) is 17.7 Å². The number of benzene rings is 1. The Morgan fingerprint density at radius 1 is 1.18 bits per heavy atom. The second kappa shape index (κ2) is 11.1. The molecule has 0 saturated carbocycles. The maximum atomic E-state index is 14.4. The van der Waals surface area contributed by atoms with Crippen molar-refractivity contribution in [2.75, 3.05) is 37.7 Å². The first-order valence-corrected chi connectivity index (χ1v) is 13.8. The lowest BCUT2D eigenvalue weighted by Crippen LogP contribution is -2.57. The highest BCUT2D eigenvalue weighted by Crippen LogP contribution is 2.63.